The Bertz CT molecular complexity index is 487. The largest absolute Gasteiger partial charge is 0.369 e. The van der Waals surface area contributed by atoms with Crippen LogP contribution in [0, 0.1) is 10.1 Å². The second-order valence-corrected chi connectivity index (χ2v) is 6.44. The van der Waals surface area contributed by atoms with Gasteiger partial charge < -0.3 is 4.90 Å². The Morgan fingerprint density at radius 2 is 1.50 bits per heavy atom. The van der Waals surface area contributed by atoms with Crippen LogP contribution in [0.1, 0.15) is 38.5 Å². The molecule has 0 unspecified atom stereocenters. The number of nitro groups is 1. The number of non-ortho nitro benzene ring substituents is 1. The van der Waals surface area contributed by atoms with E-state index < -0.39 is 0 Å². The summed E-state index contributed by atoms with van der Waals surface area (Å²) in [5.41, 5.74) is 1.27. The van der Waals surface area contributed by atoms with Gasteiger partial charge in [0.25, 0.3) is 5.69 Å². The van der Waals surface area contributed by atoms with Crippen LogP contribution >= 0.6 is 0 Å². The average Bonchev–Trinajstić information content (AvgIpc) is 2.84. The SMILES string of the molecule is O=[N+]([O-])c1ccc(N2CCN(C3CCCCCC3)CC2)cc1. The van der Waals surface area contributed by atoms with Crippen molar-refractivity contribution in [1.82, 2.24) is 4.90 Å². The van der Waals surface area contributed by atoms with Gasteiger partial charge in [-0.1, -0.05) is 25.7 Å². The van der Waals surface area contributed by atoms with Crippen LogP contribution in [0.5, 0.6) is 0 Å². The number of piperazine rings is 1. The minimum absolute atomic E-state index is 0.167. The molecule has 0 spiro atoms. The van der Waals surface area contributed by atoms with Crippen molar-refractivity contribution in [2.24, 2.45) is 0 Å². The smallest absolute Gasteiger partial charge is 0.269 e. The maximum absolute atomic E-state index is 10.7. The molecule has 22 heavy (non-hydrogen) atoms. The molecule has 2 fully saturated rings. The fourth-order valence-corrected chi connectivity index (χ4v) is 3.75. The number of anilines is 1. The minimum atomic E-state index is -0.340. The molecule has 120 valence electrons. The molecule has 0 N–H and O–H groups in total. The van der Waals surface area contributed by atoms with E-state index in [1.54, 1.807) is 12.1 Å². The molecule has 0 amide bonds. The van der Waals surface area contributed by atoms with Gasteiger partial charge in [0, 0.05) is 50.0 Å². The van der Waals surface area contributed by atoms with Gasteiger partial charge in [0.05, 0.1) is 4.92 Å². The van der Waals surface area contributed by atoms with Gasteiger partial charge in [-0.15, -0.1) is 0 Å². The third-order valence-electron chi connectivity index (χ3n) is 5.08. The van der Waals surface area contributed by atoms with Gasteiger partial charge in [0.15, 0.2) is 0 Å². The second-order valence-electron chi connectivity index (χ2n) is 6.44. The Morgan fingerprint density at radius 3 is 2.05 bits per heavy atom. The second kappa shape index (κ2) is 7.09. The predicted molar refractivity (Wildman–Crippen MR) is 88.4 cm³/mol. The fraction of sp³-hybridized carbons (Fsp3) is 0.647. The van der Waals surface area contributed by atoms with Gasteiger partial charge >= 0.3 is 0 Å². The van der Waals surface area contributed by atoms with Crippen LogP contribution in [0.15, 0.2) is 24.3 Å². The highest BCUT2D eigenvalue weighted by Gasteiger charge is 2.24. The van der Waals surface area contributed by atoms with E-state index in [1.165, 1.54) is 38.5 Å². The van der Waals surface area contributed by atoms with Crippen LogP contribution in [0.25, 0.3) is 0 Å². The Kier molecular flexibility index (Phi) is 4.93. The van der Waals surface area contributed by atoms with Crippen molar-refractivity contribution >= 4 is 11.4 Å². The third-order valence-corrected chi connectivity index (χ3v) is 5.08. The quantitative estimate of drug-likeness (QED) is 0.487. The molecule has 2 aliphatic rings. The Morgan fingerprint density at radius 1 is 0.909 bits per heavy atom. The van der Waals surface area contributed by atoms with Crippen molar-refractivity contribution in [1.29, 1.82) is 0 Å². The van der Waals surface area contributed by atoms with E-state index in [0.717, 1.165) is 37.9 Å². The van der Waals surface area contributed by atoms with Crippen LogP contribution in [-0.2, 0) is 0 Å². The first-order chi connectivity index (χ1) is 10.7. The first-order valence-corrected chi connectivity index (χ1v) is 8.47. The Hall–Kier alpha value is -1.62. The lowest BCUT2D eigenvalue weighted by atomic mass is 10.1. The van der Waals surface area contributed by atoms with Gasteiger partial charge in [-0.3, -0.25) is 15.0 Å². The number of hydrogen-bond acceptors (Lipinski definition) is 4. The van der Waals surface area contributed by atoms with Gasteiger partial charge in [-0.2, -0.15) is 0 Å². The van der Waals surface area contributed by atoms with Crippen LogP contribution < -0.4 is 4.90 Å². The molecular formula is C17H25N3O2. The number of nitrogens with zero attached hydrogens (tertiary/aromatic N) is 3. The van der Waals surface area contributed by atoms with Crippen molar-refractivity contribution in [2.45, 2.75) is 44.6 Å². The first kappa shape index (κ1) is 15.3. The summed E-state index contributed by atoms with van der Waals surface area (Å²) in [6, 6.07) is 7.74. The highest BCUT2D eigenvalue weighted by atomic mass is 16.6. The molecule has 0 radical (unpaired) electrons. The van der Waals surface area contributed by atoms with E-state index in [-0.39, 0.29) is 10.6 Å². The molecule has 0 bridgehead atoms. The van der Waals surface area contributed by atoms with Gasteiger partial charge in [0.1, 0.15) is 0 Å². The van der Waals surface area contributed by atoms with E-state index in [2.05, 4.69) is 9.80 Å². The third kappa shape index (κ3) is 3.58. The number of hydrogen-bond donors (Lipinski definition) is 0. The molecule has 1 aromatic rings. The highest BCUT2D eigenvalue weighted by Crippen LogP contribution is 2.25. The molecule has 5 heteroatoms. The standard InChI is InChI=1S/C17H25N3O2/c21-20(22)17-9-7-16(8-10-17)19-13-11-18(12-14-19)15-5-3-1-2-4-6-15/h7-10,15H,1-6,11-14H2. The van der Waals surface area contributed by atoms with Crippen molar-refractivity contribution in [2.75, 3.05) is 31.1 Å². The summed E-state index contributed by atoms with van der Waals surface area (Å²) in [5.74, 6) is 0. The molecule has 5 nitrogen and oxygen atoms in total. The van der Waals surface area contributed by atoms with Crippen molar-refractivity contribution < 1.29 is 4.92 Å². The molecule has 1 saturated heterocycles. The summed E-state index contributed by atoms with van der Waals surface area (Å²) < 4.78 is 0. The normalized spacial score (nSPS) is 21.5. The lowest BCUT2D eigenvalue weighted by Crippen LogP contribution is -2.50. The highest BCUT2D eigenvalue weighted by molar-refractivity contribution is 5.51. The van der Waals surface area contributed by atoms with Crippen LogP contribution in [-0.4, -0.2) is 42.0 Å². The van der Waals surface area contributed by atoms with E-state index in [0.29, 0.717) is 0 Å². The molecular weight excluding hydrogens is 278 g/mol. The molecule has 3 rings (SSSR count). The monoisotopic (exact) mass is 303 g/mol. The maximum Gasteiger partial charge on any atom is 0.269 e. The van der Waals surface area contributed by atoms with Gasteiger partial charge in [-0.25, -0.2) is 0 Å². The number of benzene rings is 1. The zero-order valence-corrected chi connectivity index (χ0v) is 13.1. The lowest BCUT2D eigenvalue weighted by molar-refractivity contribution is -0.384. The van der Waals surface area contributed by atoms with Crippen LogP contribution in [0.4, 0.5) is 11.4 Å². The van der Waals surface area contributed by atoms with Crippen LogP contribution in [0.2, 0.25) is 0 Å². The molecule has 1 aliphatic carbocycles. The molecule has 0 atom stereocenters. The Labute approximate surface area is 132 Å². The van der Waals surface area contributed by atoms with Crippen LogP contribution in [0.3, 0.4) is 0 Å². The minimum Gasteiger partial charge on any atom is -0.369 e. The molecule has 1 aliphatic heterocycles. The Balaban J connectivity index is 1.55. The van der Waals surface area contributed by atoms with Crippen molar-refractivity contribution in [3.05, 3.63) is 34.4 Å². The average molecular weight is 303 g/mol. The summed E-state index contributed by atoms with van der Waals surface area (Å²) in [7, 11) is 0. The number of nitro benzene ring substituents is 1. The fourth-order valence-electron chi connectivity index (χ4n) is 3.75. The summed E-state index contributed by atoms with van der Waals surface area (Å²) >= 11 is 0. The molecule has 1 aromatic carbocycles. The summed E-state index contributed by atoms with van der Waals surface area (Å²) in [6.07, 6.45) is 8.29. The van der Waals surface area contributed by atoms with Gasteiger partial charge in [-0.05, 0) is 25.0 Å². The summed E-state index contributed by atoms with van der Waals surface area (Å²) in [5, 5.41) is 10.7. The van der Waals surface area contributed by atoms with Crippen molar-refractivity contribution in [3.63, 3.8) is 0 Å². The molecule has 0 aromatic heterocycles. The van der Waals surface area contributed by atoms with E-state index in [1.807, 2.05) is 12.1 Å². The zero-order chi connectivity index (χ0) is 15.4. The lowest BCUT2D eigenvalue weighted by Gasteiger charge is -2.40. The first-order valence-electron chi connectivity index (χ1n) is 8.47. The summed E-state index contributed by atoms with van der Waals surface area (Å²) in [6.45, 7) is 4.27. The topological polar surface area (TPSA) is 49.6 Å². The van der Waals surface area contributed by atoms with Crippen molar-refractivity contribution in [3.8, 4) is 0 Å². The predicted octanol–water partition coefficient (Wildman–Crippen LogP) is 3.44. The molecule has 1 heterocycles. The van der Waals surface area contributed by atoms with E-state index >= 15 is 0 Å². The summed E-state index contributed by atoms with van der Waals surface area (Å²) in [4.78, 5) is 15.4. The van der Waals surface area contributed by atoms with E-state index in [4.69, 9.17) is 0 Å². The number of rotatable bonds is 3. The maximum atomic E-state index is 10.7. The molecule has 1 saturated carbocycles. The van der Waals surface area contributed by atoms with Gasteiger partial charge in [0.2, 0.25) is 0 Å². The zero-order valence-electron chi connectivity index (χ0n) is 13.1. The van der Waals surface area contributed by atoms with E-state index in [9.17, 15) is 10.1 Å².